The molecule has 0 saturated carbocycles. The van der Waals surface area contributed by atoms with Crippen molar-refractivity contribution in [1.29, 1.82) is 0 Å². The van der Waals surface area contributed by atoms with E-state index in [1.165, 1.54) is 24.1 Å². The SMILES string of the molecule is N[C@@H](Cc1ccccc1)[C@H](O)CNSc1ccc(Cl)c([N+](=O)[O-])c1. The average Bonchev–Trinajstić information content (AvgIpc) is 2.56. The molecule has 2 aromatic rings. The molecule has 0 aliphatic heterocycles. The lowest BCUT2D eigenvalue weighted by molar-refractivity contribution is -0.384. The van der Waals surface area contributed by atoms with Gasteiger partial charge in [-0.25, -0.2) is 0 Å². The molecule has 0 unspecified atom stereocenters. The van der Waals surface area contributed by atoms with Crippen molar-refractivity contribution in [2.45, 2.75) is 23.5 Å². The predicted molar refractivity (Wildman–Crippen MR) is 96.1 cm³/mol. The Kier molecular flexibility index (Phi) is 7.01. The Morgan fingerprint density at radius 1 is 1.29 bits per heavy atom. The summed E-state index contributed by atoms with van der Waals surface area (Å²) in [4.78, 5) is 11.0. The van der Waals surface area contributed by atoms with Crippen molar-refractivity contribution in [1.82, 2.24) is 4.72 Å². The van der Waals surface area contributed by atoms with Gasteiger partial charge in [0.2, 0.25) is 0 Å². The topological polar surface area (TPSA) is 101 Å². The first-order valence-electron chi connectivity index (χ1n) is 7.28. The maximum atomic E-state index is 10.9. The summed E-state index contributed by atoms with van der Waals surface area (Å²) in [5.74, 6) is 0. The number of nitro benzene ring substituents is 1. The number of rotatable bonds is 8. The van der Waals surface area contributed by atoms with Crippen LogP contribution < -0.4 is 10.5 Å². The van der Waals surface area contributed by atoms with Crippen LogP contribution in [0.25, 0.3) is 0 Å². The second-order valence-corrected chi connectivity index (χ2v) is 6.61. The number of benzene rings is 2. The summed E-state index contributed by atoms with van der Waals surface area (Å²) >= 11 is 6.95. The van der Waals surface area contributed by atoms with E-state index in [0.717, 1.165) is 5.56 Å². The quantitative estimate of drug-likeness (QED) is 0.377. The molecular formula is C16H18ClN3O3S. The zero-order valence-electron chi connectivity index (χ0n) is 12.8. The monoisotopic (exact) mass is 367 g/mol. The summed E-state index contributed by atoms with van der Waals surface area (Å²) in [6.07, 6.45) is -0.166. The van der Waals surface area contributed by atoms with Gasteiger partial charge in [-0.1, -0.05) is 41.9 Å². The Morgan fingerprint density at radius 3 is 2.67 bits per heavy atom. The zero-order chi connectivity index (χ0) is 17.5. The largest absolute Gasteiger partial charge is 0.390 e. The molecular weight excluding hydrogens is 350 g/mol. The Labute approximate surface area is 149 Å². The van der Waals surface area contributed by atoms with Crippen LogP contribution in [0.1, 0.15) is 5.56 Å². The van der Waals surface area contributed by atoms with Crippen LogP contribution >= 0.6 is 23.5 Å². The fourth-order valence-corrected chi connectivity index (χ4v) is 2.99. The molecule has 4 N–H and O–H groups in total. The lowest BCUT2D eigenvalue weighted by atomic mass is 10.0. The van der Waals surface area contributed by atoms with Gasteiger partial charge >= 0.3 is 0 Å². The maximum absolute atomic E-state index is 10.9. The number of nitro groups is 1. The van der Waals surface area contributed by atoms with E-state index in [1.807, 2.05) is 30.3 Å². The number of nitrogens with one attached hydrogen (secondary N) is 1. The van der Waals surface area contributed by atoms with E-state index in [4.69, 9.17) is 17.3 Å². The predicted octanol–water partition coefficient (Wildman–Crippen LogP) is 2.78. The molecule has 8 heteroatoms. The number of hydrogen-bond donors (Lipinski definition) is 3. The first-order chi connectivity index (χ1) is 11.5. The summed E-state index contributed by atoms with van der Waals surface area (Å²) in [7, 11) is 0. The summed E-state index contributed by atoms with van der Waals surface area (Å²) in [6.45, 7) is 0.259. The molecule has 0 spiro atoms. The molecule has 0 heterocycles. The summed E-state index contributed by atoms with van der Waals surface area (Å²) < 4.78 is 2.97. The van der Waals surface area contributed by atoms with E-state index in [0.29, 0.717) is 11.3 Å². The van der Waals surface area contributed by atoms with Crippen molar-refractivity contribution in [3.8, 4) is 0 Å². The molecule has 0 aliphatic carbocycles. The van der Waals surface area contributed by atoms with Crippen LogP contribution in [0.2, 0.25) is 5.02 Å². The van der Waals surface area contributed by atoms with Crippen molar-refractivity contribution >= 4 is 29.2 Å². The van der Waals surface area contributed by atoms with Gasteiger partial charge < -0.3 is 10.8 Å². The van der Waals surface area contributed by atoms with Crippen molar-refractivity contribution < 1.29 is 10.0 Å². The smallest absolute Gasteiger partial charge is 0.289 e. The first-order valence-corrected chi connectivity index (χ1v) is 8.48. The van der Waals surface area contributed by atoms with E-state index in [1.54, 1.807) is 6.07 Å². The third-order valence-corrected chi connectivity index (χ3v) is 4.53. The molecule has 0 aromatic heterocycles. The summed E-state index contributed by atoms with van der Waals surface area (Å²) in [5.41, 5.74) is 6.92. The normalized spacial score (nSPS) is 13.5. The lowest BCUT2D eigenvalue weighted by Crippen LogP contribution is -2.41. The molecule has 2 rings (SSSR count). The van der Waals surface area contributed by atoms with E-state index >= 15 is 0 Å². The van der Waals surface area contributed by atoms with E-state index < -0.39 is 17.1 Å². The summed E-state index contributed by atoms with van der Waals surface area (Å²) in [5, 5.41) is 21.1. The molecule has 24 heavy (non-hydrogen) atoms. The zero-order valence-corrected chi connectivity index (χ0v) is 14.3. The summed E-state index contributed by atoms with van der Waals surface area (Å²) in [6, 6.07) is 13.8. The molecule has 0 fully saturated rings. The van der Waals surface area contributed by atoms with Crippen molar-refractivity contribution in [2.24, 2.45) is 5.73 Å². The van der Waals surface area contributed by atoms with Crippen LogP contribution in [0, 0.1) is 10.1 Å². The highest BCUT2D eigenvalue weighted by atomic mass is 35.5. The minimum atomic E-state index is -0.736. The molecule has 0 radical (unpaired) electrons. The van der Waals surface area contributed by atoms with Crippen LogP contribution in [-0.4, -0.2) is 28.7 Å². The molecule has 0 saturated heterocycles. The van der Waals surface area contributed by atoms with Crippen molar-refractivity contribution in [3.63, 3.8) is 0 Å². The number of hydrogen-bond acceptors (Lipinski definition) is 6. The molecule has 0 amide bonds. The van der Waals surface area contributed by atoms with Crippen LogP contribution in [-0.2, 0) is 6.42 Å². The second kappa shape index (κ2) is 9.00. The standard InChI is InChI=1S/C16H18ClN3O3S/c17-13-7-6-12(9-15(13)20(22)23)24-19-10-16(21)14(18)8-11-4-2-1-3-5-11/h1-7,9,14,16,19,21H,8,10,18H2/t14-,16+/m0/s1. The van der Waals surface area contributed by atoms with Gasteiger partial charge in [0.25, 0.3) is 5.69 Å². The highest BCUT2D eigenvalue weighted by Crippen LogP contribution is 2.28. The molecule has 128 valence electrons. The number of nitrogens with zero attached hydrogens (tertiary/aromatic N) is 1. The highest BCUT2D eigenvalue weighted by molar-refractivity contribution is 7.97. The molecule has 0 bridgehead atoms. The van der Waals surface area contributed by atoms with Crippen LogP contribution in [0.4, 0.5) is 5.69 Å². The molecule has 6 nitrogen and oxygen atoms in total. The van der Waals surface area contributed by atoms with E-state index in [2.05, 4.69) is 4.72 Å². The van der Waals surface area contributed by atoms with E-state index in [-0.39, 0.29) is 17.3 Å². The van der Waals surface area contributed by atoms with E-state index in [9.17, 15) is 15.2 Å². The number of halogens is 1. The van der Waals surface area contributed by atoms with Gasteiger partial charge in [0.05, 0.1) is 11.0 Å². The Balaban J connectivity index is 1.83. The Hall–Kier alpha value is -1.64. The van der Waals surface area contributed by atoms with Gasteiger partial charge in [-0.3, -0.25) is 14.8 Å². The van der Waals surface area contributed by atoms with Gasteiger partial charge in [0.1, 0.15) is 5.02 Å². The van der Waals surface area contributed by atoms with Gasteiger partial charge in [-0.05, 0) is 36.1 Å². The number of aliphatic hydroxyl groups is 1. The van der Waals surface area contributed by atoms with Crippen LogP contribution in [0.5, 0.6) is 0 Å². The van der Waals surface area contributed by atoms with Gasteiger partial charge in [-0.15, -0.1) is 0 Å². The Bertz CT molecular complexity index is 688. The van der Waals surface area contributed by atoms with Crippen molar-refractivity contribution in [2.75, 3.05) is 6.54 Å². The van der Waals surface area contributed by atoms with Crippen LogP contribution in [0.15, 0.2) is 53.4 Å². The van der Waals surface area contributed by atoms with Crippen LogP contribution in [0.3, 0.4) is 0 Å². The highest BCUT2D eigenvalue weighted by Gasteiger charge is 2.16. The van der Waals surface area contributed by atoms with Gasteiger partial charge in [0, 0.05) is 23.5 Å². The lowest BCUT2D eigenvalue weighted by Gasteiger charge is -2.19. The minimum Gasteiger partial charge on any atom is -0.390 e. The maximum Gasteiger partial charge on any atom is 0.289 e. The third-order valence-electron chi connectivity index (χ3n) is 3.41. The average molecular weight is 368 g/mol. The first kappa shape index (κ1) is 18.7. The molecule has 2 aromatic carbocycles. The Morgan fingerprint density at radius 2 is 2.00 bits per heavy atom. The van der Waals surface area contributed by atoms with Gasteiger partial charge in [-0.2, -0.15) is 0 Å². The third kappa shape index (κ3) is 5.47. The second-order valence-electron chi connectivity index (χ2n) is 5.24. The number of aliphatic hydroxyl groups excluding tert-OH is 1. The van der Waals surface area contributed by atoms with Crippen molar-refractivity contribution in [3.05, 3.63) is 69.2 Å². The number of nitrogens with two attached hydrogens (primary N) is 1. The minimum absolute atomic E-state index is 0.0919. The molecule has 0 aliphatic rings. The fraction of sp³-hybridized carbons (Fsp3) is 0.250. The molecule has 2 atom stereocenters. The van der Waals surface area contributed by atoms with Gasteiger partial charge in [0.15, 0.2) is 0 Å². The fourth-order valence-electron chi connectivity index (χ4n) is 2.08.